The van der Waals surface area contributed by atoms with Gasteiger partial charge in [-0.1, -0.05) is 12.1 Å². The molecule has 1 heterocycles. The Hall–Kier alpha value is -0.130. The summed E-state index contributed by atoms with van der Waals surface area (Å²) >= 11 is 2.38. The van der Waals surface area contributed by atoms with Gasteiger partial charge in [0, 0.05) is 36.3 Å². The van der Waals surface area contributed by atoms with Gasteiger partial charge in [-0.05, 0) is 47.3 Å². The number of likely N-dealkylation sites (N-methyl/N-ethyl adjacent to an activating group) is 1. The Labute approximate surface area is 105 Å². The van der Waals surface area contributed by atoms with Gasteiger partial charge in [0.05, 0.1) is 0 Å². The van der Waals surface area contributed by atoms with E-state index < -0.39 is 0 Å². The van der Waals surface area contributed by atoms with Crippen LogP contribution in [-0.4, -0.2) is 43.0 Å². The highest BCUT2D eigenvalue weighted by atomic mass is 127. The molecule has 0 atom stereocenters. The molecule has 0 radical (unpaired) electrons. The highest BCUT2D eigenvalue weighted by Gasteiger charge is 2.13. The molecule has 3 heteroatoms. The van der Waals surface area contributed by atoms with Crippen molar-refractivity contribution in [3.8, 4) is 0 Å². The Bertz CT molecular complexity index is 319. The zero-order valence-electron chi connectivity index (χ0n) is 9.12. The van der Waals surface area contributed by atoms with Crippen molar-refractivity contribution < 1.29 is 0 Å². The van der Waals surface area contributed by atoms with Crippen LogP contribution >= 0.6 is 22.6 Å². The van der Waals surface area contributed by atoms with Crippen molar-refractivity contribution in [1.82, 2.24) is 9.80 Å². The lowest BCUT2D eigenvalue weighted by Crippen LogP contribution is -2.43. The van der Waals surface area contributed by atoms with Gasteiger partial charge in [-0.2, -0.15) is 0 Å². The first kappa shape index (κ1) is 11.4. The lowest BCUT2D eigenvalue weighted by molar-refractivity contribution is 0.148. The van der Waals surface area contributed by atoms with Gasteiger partial charge in [-0.3, -0.25) is 4.90 Å². The number of benzene rings is 1. The van der Waals surface area contributed by atoms with E-state index in [1.165, 1.54) is 35.3 Å². The number of hydrogen-bond acceptors (Lipinski definition) is 2. The van der Waals surface area contributed by atoms with Crippen LogP contribution in [0.4, 0.5) is 0 Å². The minimum absolute atomic E-state index is 1.10. The summed E-state index contributed by atoms with van der Waals surface area (Å²) in [7, 11) is 2.20. The molecule has 1 aromatic rings. The van der Waals surface area contributed by atoms with Gasteiger partial charge >= 0.3 is 0 Å². The molecule has 0 aromatic heterocycles. The third-order valence-electron chi connectivity index (χ3n) is 2.89. The summed E-state index contributed by atoms with van der Waals surface area (Å²) in [6, 6.07) is 8.79. The van der Waals surface area contributed by atoms with Crippen LogP contribution in [0.25, 0.3) is 0 Å². The number of halogens is 1. The Morgan fingerprint density at radius 2 is 1.93 bits per heavy atom. The van der Waals surface area contributed by atoms with Crippen LogP contribution in [0, 0.1) is 3.57 Å². The lowest BCUT2D eigenvalue weighted by Gasteiger charge is -2.32. The quantitative estimate of drug-likeness (QED) is 0.771. The fraction of sp³-hybridized carbons (Fsp3) is 0.500. The summed E-state index contributed by atoms with van der Waals surface area (Å²) in [4.78, 5) is 4.93. The fourth-order valence-corrected chi connectivity index (χ4v) is 2.51. The van der Waals surface area contributed by atoms with E-state index in [1.54, 1.807) is 0 Å². The third kappa shape index (κ3) is 3.43. The van der Waals surface area contributed by atoms with E-state index in [1.807, 2.05) is 0 Å². The predicted octanol–water partition coefficient (Wildman–Crippen LogP) is 2.04. The average molecular weight is 316 g/mol. The summed E-state index contributed by atoms with van der Waals surface area (Å²) < 4.78 is 1.33. The minimum Gasteiger partial charge on any atom is -0.304 e. The normalized spacial score (nSPS) is 19.3. The number of rotatable bonds is 2. The summed E-state index contributed by atoms with van der Waals surface area (Å²) in [6.07, 6.45) is 0. The average Bonchev–Trinajstić information content (AvgIpc) is 2.22. The van der Waals surface area contributed by atoms with E-state index in [9.17, 15) is 0 Å². The molecule has 1 aromatic carbocycles. The van der Waals surface area contributed by atoms with Crippen molar-refractivity contribution in [1.29, 1.82) is 0 Å². The number of hydrogen-bond donors (Lipinski definition) is 0. The summed E-state index contributed by atoms with van der Waals surface area (Å²) in [5, 5.41) is 0. The fourth-order valence-electron chi connectivity index (χ4n) is 1.90. The van der Waals surface area contributed by atoms with Crippen LogP contribution in [0.2, 0.25) is 0 Å². The molecule has 0 aliphatic carbocycles. The van der Waals surface area contributed by atoms with Crippen LogP contribution in [0.5, 0.6) is 0 Å². The molecule has 15 heavy (non-hydrogen) atoms. The first-order valence-corrected chi connectivity index (χ1v) is 6.47. The van der Waals surface area contributed by atoms with Crippen LogP contribution < -0.4 is 0 Å². The van der Waals surface area contributed by atoms with Crippen molar-refractivity contribution in [3.05, 3.63) is 33.4 Å². The summed E-state index contributed by atoms with van der Waals surface area (Å²) in [6.45, 7) is 5.89. The molecule has 1 saturated heterocycles. The monoisotopic (exact) mass is 316 g/mol. The maximum Gasteiger partial charge on any atom is 0.0235 e. The van der Waals surface area contributed by atoms with Crippen LogP contribution in [0.1, 0.15) is 5.56 Å². The largest absolute Gasteiger partial charge is 0.304 e. The zero-order valence-corrected chi connectivity index (χ0v) is 11.3. The van der Waals surface area contributed by atoms with Crippen molar-refractivity contribution in [3.63, 3.8) is 0 Å². The first-order valence-electron chi connectivity index (χ1n) is 5.39. The first-order chi connectivity index (χ1) is 7.24. The molecule has 0 spiro atoms. The summed E-state index contributed by atoms with van der Waals surface area (Å²) in [5.74, 6) is 0. The molecule has 0 amide bonds. The predicted molar refractivity (Wildman–Crippen MR) is 71.9 cm³/mol. The van der Waals surface area contributed by atoms with Gasteiger partial charge in [-0.15, -0.1) is 0 Å². The molecule has 1 fully saturated rings. The molecule has 0 saturated carbocycles. The second kappa shape index (κ2) is 5.27. The van der Waals surface area contributed by atoms with Gasteiger partial charge in [0.15, 0.2) is 0 Å². The molecule has 1 aliphatic rings. The third-order valence-corrected chi connectivity index (χ3v) is 3.56. The number of nitrogens with zero attached hydrogens (tertiary/aromatic N) is 2. The Balaban J connectivity index is 1.92. The Morgan fingerprint density at radius 3 is 2.60 bits per heavy atom. The molecule has 0 N–H and O–H groups in total. The van der Waals surface area contributed by atoms with E-state index in [2.05, 4.69) is 63.7 Å². The molecular weight excluding hydrogens is 299 g/mol. The van der Waals surface area contributed by atoms with Gasteiger partial charge in [0.2, 0.25) is 0 Å². The molecule has 2 rings (SSSR count). The molecule has 1 aliphatic heterocycles. The van der Waals surface area contributed by atoms with E-state index in [0.717, 1.165) is 6.54 Å². The highest BCUT2D eigenvalue weighted by Crippen LogP contribution is 2.11. The second-order valence-corrected chi connectivity index (χ2v) is 5.45. The molecule has 0 unspecified atom stereocenters. The van der Waals surface area contributed by atoms with E-state index in [0.29, 0.717) is 0 Å². The van der Waals surface area contributed by atoms with E-state index in [4.69, 9.17) is 0 Å². The standard InChI is InChI=1S/C12H17IN2/c1-14-5-7-15(8-6-14)10-11-3-2-4-12(13)9-11/h2-4,9H,5-8,10H2,1H3. The smallest absolute Gasteiger partial charge is 0.0235 e. The summed E-state index contributed by atoms with van der Waals surface area (Å²) in [5.41, 5.74) is 1.44. The van der Waals surface area contributed by atoms with Crippen molar-refractivity contribution in [2.24, 2.45) is 0 Å². The van der Waals surface area contributed by atoms with E-state index in [-0.39, 0.29) is 0 Å². The molecule has 82 valence electrons. The Morgan fingerprint density at radius 1 is 1.20 bits per heavy atom. The van der Waals surface area contributed by atoms with Crippen molar-refractivity contribution >= 4 is 22.6 Å². The Kier molecular flexibility index (Phi) is 3.99. The van der Waals surface area contributed by atoms with Crippen LogP contribution in [0.15, 0.2) is 24.3 Å². The van der Waals surface area contributed by atoms with Gasteiger partial charge in [0.25, 0.3) is 0 Å². The maximum atomic E-state index is 2.53. The topological polar surface area (TPSA) is 6.48 Å². The van der Waals surface area contributed by atoms with Crippen molar-refractivity contribution in [2.75, 3.05) is 33.2 Å². The minimum atomic E-state index is 1.10. The zero-order chi connectivity index (χ0) is 10.7. The maximum absolute atomic E-state index is 2.53. The second-order valence-electron chi connectivity index (χ2n) is 4.21. The van der Waals surface area contributed by atoms with Gasteiger partial charge < -0.3 is 4.90 Å². The number of piperazine rings is 1. The lowest BCUT2D eigenvalue weighted by atomic mass is 10.2. The van der Waals surface area contributed by atoms with Crippen LogP contribution in [0.3, 0.4) is 0 Å². The molecular formula is C12H17IN2. The van der Waals surface area contributed by atoms with Gasteiger partial charge in [0.1, 0.15) is 0 Å². The van der Waals surface area contributed by atoms with E-state index >= 15 is 0 Å². The highest BCUT2D eigenvalue weighted by molar-refractivity contribution is 14.1. The van der Waals surface area contributed by atoms with Gasteiger partial charge in [-0.25, -0.2) is 0 Å². The molecule has 0 bridgehead atoms. The van der Waals surface area contributed by atoms with Crippen LogP contribution in [-0.2, 0) is 6.54 Å². The SMILES string of the molecule is CN1CCN(Cc2cccc(I)c2)CC1. The molecule has 2 nitrogen and oxygen atoms in total. The van der Waals surface area contributed by atoms with Crippen molar-refractivity contribution in [2.45, 2.75) is 6.54 Å².